The Hall–Kier alpha value is -2.30. The largest absolute Gasteiger partial charge is 0.268 e. The van der Waals surface area contributed by atoms with Gasteiger partial charge in [0.1, 0.15) is 4.90 Å². The van der Waals surface area contributed by atoms with Crippen molar-refractivity contribution < 1.29 is 8.42 Å². The van der Waals surface area contributed by atoms with E-state index in [-0.39, 0.29) is 32.3 Å². The third-order valence-electron chi connectivity index (χ3n) is 3.78. The fourth-order valence-corrected chi connectivity index (χ4v) is 4.91. The van der Waals surface area contributed by atoms with Gasteiger partial charge in [0, 0.05) is 12.0 Å². The third-order valence-corrected chi connectivity index (χ3v) is 6.34. The first-order valence-corrected chi connectivity index (χ1v) is 9.99. The van der Waals surface area contributed by atoms with Crippen LogP contribution in [-0.4, -0.2) is 39.2 Å². The quantitative estimate of drug-likeness (QED) is 0.635. The molecule has 9 nitrogen and oxygen atoms in total. The van der Waals surface area contributed by atoms with E-state index in [2.05, 4.69) is 30.8 Å². The average Bonchev–Trinajstić information content (AvgIpc) is 3.06. The monoisotopic (exact) mass is 428 g/mol. The van der Waals surface area contributed by atoms with Gasteiger partial charge in [-0.05, 0) is 29.7 Å². The van der Waals surface area contributed by atoms with Crippen LogP contribution in [0.1, 0.15) is 36.7 Å². The van der Waals surface area contributed by atoms with Crippen LogP contribution in [0.5, 0.6) is 0 Å². The number of nitrogens with one attached hydrogen (secondary N) is 2. The van der Waals surface area contributed by atoms with Gasteiger partial charge in [-0.3, -0.25) is 4.79 Å². The average molecular weight is 429 g/mol. The summed E-state index contributed by atoms with van der Waals surface area (Å²) in [5, 5.41) is 18.8. The molecule has 0 bridgehead atoms. The maximum Gasteiger partial charge on any atom is 0.267 e. The molecule has 2 N–H and O–H groups in total. The highest BCUT2D eigenvalue weighted by Crippen LogP contribution is 2.34. The number of hydrogen-bond donors (Lipinski definition) is 2. The van der Waals surface area contributed by atoms with Crippen molar-refractivity contribution in [3.63, 3.8) is 0 Å². The number of halogens is 2. The molecule has 142 valence electrons. The summed E-state index contributed by atoms with van der Waals surface area (Å²) in [5.41, 5.74) is 0.462. The van der Waals surface area contributed by atoms with Gasteiger partial charge in [-0.15, -0.1) is 10.2 Å². The molecule has 0 spiro atoms. The van der Waals surface area contributed by atoms with E-state index in [0.29, 0.717) is 17.0 Å². The van der Waals surface area contributed by atoms with Crippen molar-refractivity contribution in [3.05, 3.63) is 55.5 Å². The fourth-order valence-electron chi connectivity index (χ4n) is 2.48. The maximum atomic E-state index is 13.0. The standard InChI is InChI=1S/C15H14Cl2N6O3S/c1-7(2)9-6-13(20-21-15(9)24)27(25,26)14-10(16)3-8(4-11(14)17)5-12-18-22-23-19-12/h3-4,6-7H,5H2,1-2H3,(H,21,24)(H,18,19,22,23). The minimum absolute atomic E-state index is 0.0694. The summed E-state index contributed by atoms with van der Waals surface area (Å²) in [5.74, 6) is 0.218. The van der Waals surface area contributed by atoms with E-state index in [0.717, 1.165) is 0 Å². The number of sulfone groups is 1. The van der Waals surface area contributed by atoms with Gasteiger partial charge in [0.25, 0.3) is 5.56 Å². The highest BCUT2D eigenvalue weighted by Gasteiger charge is 2.28. The zero-order valence-corrected chi connectivity index (χ0v) is 16.5. The summed E-state index contributed by atoms with van der Waals surface area (Å²) in [6.07, 6.45) is 0.269. The van der Waals surface area contributed by atoms with E-state index in [4.69, 9.17) is 23.2 Å². The van der Waals surface area contributed by atoms with Crippen LogP contribution < -0.4 is 5.56 Å². The van der Waals surface area contributed by atoms with Crippen molar-refractivity contribution in [1.29, 1.82) is 0 Å². The molecule has 2 heterocycles. The molecule has 27 heavy (non-hydrogen) atoms. The number of tetrazole rings is 1. The van der Waals surface area contributed by atoms with Gasteiger partial charge in [-0.25, -0.2) is 13.5 Å². The second kappa shape index (κ2) is 7.37. The number of aromatic amines is 2. The molecule has 0 saturated carbocycles. The first-order valence-electron chi connectivity index (χ1n) is 7.75. The lowest BCUT2D eigenvalue weighted by Gasteiger charge is -2.11. The van der Waals surface area contributed by atoms with E-state index < -0.39 is 15.4 Å². The Kier molecular flexibility index (Phi) is 5.31. The Morgan fingerprint density at radius 2 is 1.78 bits per heavy atom. The Morgan fingerprint density at radius 3 is 2.33 bits per heavy atom. The summed E-state index contributed by atoms with van der Waals surface area (Å²) >= 11 is 12.4. The van der Waals surface area contributed by atoms with Crippen molar-refractivity contribution in [3.8, 4) is 0 Å². The zero-order valence-electron chi connectivity index (χ0n) is 14.2. The van der Waals surface area contributed by atoms with Crippen molar-refractivity contribution in [1.82, 2.24) is 30.8 Å². The van der Waals surface area contributed by atoms with Crippen LogP contribution in [0.2, 0.25) is 10.0 Å². The van der Waals surface area contributed by atoms with E-state index in [1.807, 2.05) is 0 Å². The first-order chi connectivity index (χ1) is 12.7. The van der Waals surface area contributed by atoms with Gasteiger partial charge in [0.15, 0.2) is 10.9 Å². The van der Waals surface area contributed by atoms with Crippen molar-refractivity contribution in [2.75, 3.05) is 0 Å². The molecule has 0 aliphatic rings. The first kappa shape index (κ1) is 19.5. The second-order valence-electron chi connectivity index (χ2n) is 6.04. The summed E-state index contributed by atoms with van der Waals surface area (Å²) in [6.45, 7) is 3.54. The number of nitrogens with zero attached hydrogens (tertiary/aromatic N) is 4. The van der Waals surface area contributed by atoms with Gasteiger partial charge < -0.3 is 0 Å². The Bertz CT molecular complexity index is 1120. The molecule has 1 aromatic carbocycles. The molecular weight excluding hydrogens is 415 g/mol. The smallest absolute Gasteiger partial charge is 0.267 e. The molecule has 2 aromatic heterocycles. The lowest BCUT2D eigenvalue weighted by molar-refractivity contribution is 0.588. The SMILES string of the molecule is CC(C)c1cc(S(=O)(=O)c2c(Cl)cc(Cc3nn[nH]n3)cc2Cl)n[nH]c1=O. The van der Waals surface area contributed by atoms with Crippen LogP contribution in [0, 0.1) is 0 Å². The minimum Gasteiger partial charge on any atom is -0.268 e. The van der Waals surface area contributed by atoms with Crippen molar-refractivity contribution in [2.24, 2.45) is 0 Å². The molecule has 0 unspecified atom stereocenters. The lowest BCUT2D eigenvalue weighted by atomic mass is 10.1. The highest BCUT2D eigenvalue weighted by molar-refractivity contribution is 7.91. The van der Waals surface area contributed by atoms with Crippen LogP contribution in [0.25, 0.3) is 0 Å². The van der Waals surface area contributed by atoms with Crippen molar-refractivity contribution >= 4 is 33.0 Å². The number of rotatable bonds is 5. The van der Waals surface area contributed by atoms with Crippen molar-refractivity contribution in [2.45, 2.75) is 36.1 Å². The zero-order chi connectivity index (χ0) is 19.8. The Balaban J connectivity index is 2.07. The lowest BCUT2D eigenvalue weighted by Crippen LogP contribution is -2.19. The van der Waals surface area contributed by atoms with E-state index in [1.54, 1.807) is 13.8 Å². The normalized spacial score (nSPS) is 11.9. The molecule has 0 aliphatic heterocycles. The van der Waals surface area contributed by atoms with E-state index >= 15 is 0 Å². The molecule has 3 aromatic rings. The molecule has 0 atom stereocenters. The Labute approximate surface area is 164 Å². The number of aromatic nitrogens is 6. The maximum absolute atomic E-state index is 13.0. The summed E-state index contributed by atoms with van der Waals surface area (Å²) in [7, 11) is -4.15. The van der Waals surface area contributed by atoms with Gasteiger partial charge in [0.2, 0.25) is 9.84 Å². The minimum atomic E-state index is -4.15. The summed E-state index contributed by atoms with van der Waals surface area (Å²) < 4.78 is 26.0. The number of hydrogen-bond acceptors (Lipinski definition) is 7. The molecule has 3 rings (SSSR count). The molecular formula is C15H14Cl2N6O3S. The summed E-state index contributed by atoms with van der Waals surface area (Å²) in [6, 6.07) is 4.16. The summed E-state index contributed by atoms with van der Waals surface area (Å²) in [4.78, 5) is 11.5. The molecule has 0 fully saturated rings. The molecule has 0 radical (unpaired) electrons. The Morgan fingerprint density at radius 1 is 1.11 bits per heavy atom. The van der Waals surface area contributed by atoms with Crippen LogP contribution >= 0.6 is 23.2 Å². The van der Waals surface area contributed by atoms with Gasteiger partial charge in [-0.2, -0.15) is 10.3 Å². The predicted octanol–water partition coefficient (Wildman–Crippen LogP) is 2.14. The third kappa shape index (κ3) is 3.87. The number of H-pyrrole nitrogens is 2. The predicted molar refractivity (Wildman–Crippen MR) is 97.8 cm³/mol. The second-order valence-corrected chi connectivity index (χ2v) is 8.69. The molecule has 12 heteroatoms. The number of benzene rings is 1. The topological polar surface area (TPSA) is 134 Å². The van der Waals surface area contributed by atoms with Crippen LogP contribution in [0.15, 0.2) is 32.9 Å². The van der Waals surface area contributed by atoms with Gasteiger partial charge >= 0.3 is 0 Å². The fraction of sp³-hybridized carbons (Fsp3) is 0.267. The van der Waals surface area contributed by atoms with Gasteiger partial charge in [-0.1, -0.05) is 42.3 Å². The highest BCUT2D eigenvalue weighted by atomic mass is 35.5. The molecule has 0 saturated heterocycles. The van der Waals surface area contributed by atoms with E-state index in [9.17, 15) is 13.2 Å². The van der Waals surface area contributed by atoms with Crippen LogP contribution in [-0.2, 0) is 16.3 Å². The molecule has 0 amide bonds. The molecule has 0 aliphatic carbocycles. The van der Waals surface area contributed by atoms with Crippen LogP contribution in [0.3, 0.4) is 0 Å². The van der Waals surface area contributed by atoms with Gasteiger partial charge in [0.05, 0.1) is 10.0 Å². The van der Waals surface area contributed by atoms with Crippen LogP contribution in [0.4, 0.5) is 0 Å². The van der Waals surface area contributed by atoms with E-state index in [1.165, 1.54) is 18.2 Å².